The summed E-state index contributed by atoms with van der Waals surface area (Å²) < 4.78 is 0. The summed E-state index contributed by atoms with van der Waals surface area (Å²) in [7, 11) is 3.99. The largest absolute Gasteiger partial charge is 0.363 e. The predicted octanol–water partition coefficient (Wildman–Crippen LogP) is 3.26. The fourth-order valence-corrected chi connectivity index (χ4v) is 2.12. The van der Waals surface area contributed by atoms with Gasteiger partial charge in [0.05, 0.1) is 12.2 Å². The van der Waals surface area contributed by atoms with Crippen molar-refractivity contribution < 1.29 is 0 Å². The van der Waals surface area contributed by atoms with E-state index in [4.69, 9.17) is 0 Å². The summed E-state index contributed by atoms with van der Waals surface area (Å²) in [5.74, 6) is 2.52. The van der Waals surface area contributed by atoms with Crippen LogP contribution >= 0.6 is 24.0 Å². The number of hydrogen-bond acceptors (Lipinski definition) is 3. The molecule has 0 fully saturated rings. The maximum atomic E-state index is 4.64. The second-order valence-corrected chi connectivity index (χ2v) is 5.64. The molecule has 1 rings (SSSR count). The molecule has 0 atom stereocenters. The molecule has 0 aliphatic carbocycles. The molecule has 0 unspecified atom stereocenters. The zero-order valence-electron chi connectivity index (χ0n) is 15.1. The van der Waals surface area contributed by atoms with Crippen LogP contribution in [0.2, 0.25) is 0 Å². The van der Waals surface area contributed by atoms with E-state index < -0.39 is 0 Å². The molecular formula is C17H32IN5. The van der Waals surface area contributed by atoms with E-state index in [1.165, 1.54) is 12.8 Å². The number of guanidine groups is 1. The van der Waals surface area contributed by atoms with Gasteiger partial charge >= 0.3 is 0 Å². The first-order chi connectivity index (χ1) is 10.6. The zero-order valence-corrected chi connectivity index (χ0v) is 17.4. The van der Waals surface area contributed by atoms with Crippen LogP contribution in [0.1, 0.15) is 39.3 Å². The highest BCUT2D eigenvalue weighted by Crippen LogP contribution is 2.08. The first kappa shape index (κ1) is 21.9. The van der Waals surface area contributed by atoms with Gasteiger partial charge in [-0.25, -0.2) is 9.98 Å². The summed E-state index contributed by atoms with van der Waals surface area (Å²) in [6.45, 7) is 8.95. The fourth-order valence-electron chi connectivity index (χ4n) is 2.12. The summed E-state index contributed by atoms with van der Waals surface area (Å²) >= 11 is 0. The van der Waals surface area contributed by atoms with Crippen LogP contribution in [0, 0.1) is 5.92 Å². The Morgan fingerprint density at radius 1 is 1.17 bits per heavy atom. The van der Waals surface area contributed by atoms with Gasteiger partial charge in [0, 0.05) is 27.2 Å². The van der Waals surface area contributed by atoms with Gasteiger partial charge in [-0.3, -0.25) is 0 Å². The summed E-state index contributed by atoms with van der Waals surface area (Å²) in [4.78, 5) is 11.2. The molecule has 0 aliphatic rings. The molecule has 5 nitrogen and oxygen atoms in total. The summed E-state index contributed by atoms with van der Waals surface area (Å²) in [5.41, 5.74) is 0.978. The normalized spacial score (nSPS) is 11.1. The van der Waals surface area contributed by atoms with Crippen molar-refractivity contribution in [1.29, 1.82) is 0 Å². The van der Waals surface area contributed by atoms with Gasteiger partial charge in [-0.05, 0) is 25.0 Å². The van der Waals surface area contributed by atoms with E-state index in [2.05, 4.69) is 41.4 Å². The predicted molar refractivity (Wildman–Crippen MR) is 111 cm³/mol. The van der Waals surface area contributed by atoms with Crippen molar-refractivity contribution in [2.75, 3.05) is 32.1 Å². The second kappa shape index (κ2) is 12.4. The molecule has 0 spiro atoms. The van der Waals surface area contributed by atoms with Gasteiger partial charge in [0.15, 0.2) is 5.96 Å². The Morgan fingerprint density at radius 2 is 1.87 bits per heavy atom. The van der Waals surface area contributed by atoms with Gasteiger partial charge in [0.2, 0.25) is 0 Å². The number of aliphatic imine (C=N–C) groups is 1. The van der Waals surface area contributed by atoms with E-state index in [9.17, 15) is 0 Å². The van der Waals surface area contributed by atoms with Crippen LogP contribution < -0.4 is 15.5 Å². The zero-order chi connectivity index (χ0) is 16.4. The van der Waals surface area contributed by atoms with Crippen LogP contribution in [0.5, 0.6) is 0 Å². The molecule has 0 bridgehead atoms. The van der Waals surface area contributed by atoms with Crippen molar-refractivity contribution >= 4 is 35.8 Å². The highest BCUT2D eigenvalue weighted by molar-refractivity contribution is 14.0. The van der Waals surface area contributed by atoms with Crippen molar-refractivity contribution in [3.63, 3.8) is 0 Å². The van der Waals surface area contributed by atoms with E-state index in [0.29, 0.717) is 12.5 Å². The monoisotopic (exact) mass is 433 g/mol. The third-order valence-corrected chi connectivity index (χ3v) is 3.71. The number of nitrogens with one attached hydrogen (secondary N) is 2. The first-order valence-electron chi connectivity index (χ1n) is 8.26. The van der Waals surface area contributed by atoms with Crippen LogP contribution in [0.25, 0.3) is 0 Å². The average Bonchev–Trinajstić information content (AvgIpc) is 2.53. The number of halogens is 1. The van der Waals surface area contributed by atoms with Crippen LogP contribution in [0.4, 0.5) is 5.82 Å². The molecule has 1 aromatic rings. The lowest BCUT2D eigenvalue weighted by atomic mass is 10.0. The molecule has 1 heterocycles. The lowest BCUT2D eigenvalue weighted by molar-refractivity contribution is 0.481. The lowest BCUT2D eigenvalue weighted by Gasteiger charge is -2.16. The molecule has 132 valence electrons. The minimum atomic E-state index is 0. The number of anilines is 1. The van der Waals surface area contributed by atoms with Crippen molar-refractivity contribution in [3.05, 3.63) is 23.9 Å². The van der Waals surface area contributed by atoms with Gasteiger partial charge in [-0.1, -0.05) is 32.8 Å². The molecule has 0 aromatic carbocycles. The number of nitrogens with zero attached hydrogens (tertiary/aromatic N) is 3. The molecule has 1 aromatic heterocycles. The van der Waals surface area contributed by atoms with E-state index in [0.717, 1.165) is 30.6 Å². The van der Waals surface area contributed by atoms with Gasteiger partial charge in [-0.2, -0.15) is 0 Å². The van der Waals surface area contributed by atoms with E-state index >= 15 is 0 Å². The molecule has 0 aliphatic heterocycles. The fraction of sp³-hybridized carbons (Fsp3) is 0.647. The Morgan fingerprint density at radius 3 is 2.43 bits per heavy atom. The van der Waals surface area contributed by atoms with Crippen molar-refractivity contribution in [2.24, 2.45) is 10.9 Å². The lowest BCUT2D eigenvalue weighted by Crippen LogP contribution is -2.39. The number of rotatable bonds is 8. The number of pyridine rings is 1. The summed E-state index contributed by atoms with van der Waals surface area (Å²) in [6.07, 6.45) is 2.38. The van der Waals surface area contributed by atoms with Gasteiger partial charge in [-0.15, -0.1) is 24.0 Å². The number of aromatic nitrogens is 1. The molecule has 23 heavy (non-hydrogen) atoms. The Balaban J connectivity index is 0.00000484. The molecule has 0 saturated carbocycles. The average molecular weight is 433 g/mol. The summed E-state index contributed by atoms with van der Waals surface area (Å²) in [5, 5.41) is 6.73. The highest BCUT2D eigenvalue weighted by atomic mass is 127. The Bertz CT molecular complexity index is 458. The first-order valence-corrected chi connectivity index (χ1v) is 8.26. The number of hydrogen-bond donors (Lipinski definition) is 2. The van der Waals surface area contributed by atoms with Crippen molar-refractivity contribution in [1.82, 2.24) is 15.6 Å². The molecule has 0 saturated heterocycles. The van der Waals surface area contributed by atoms with Crippen LogP contribution in [-0.2, 0) is 6.54 Å². The highest BCUT2D eigenvalue weighted by Gasteiger charge is 2.05. The molecule has 6 heteroatoms. The molecule has 2 N–H and O–H groups in total. The Hall–Kier alpha value is -1.05. The molecule has 0 radical (unpaired) electrons. The minimum absolute atomic E-state index is 0. The standard InChI is InChI=1S/C17H31N5.HI/c1-6-14(7-2)12-19-17(18-8-3)20-13-15-10-9-11-16(21-15)22(4)5;/h9-11,14H,6-8,12-13H2,1-5H3,(H2,18,19,20);1H. The van der Waals surface area contributed by atoms with Gasteiger partial charge in [0.25, 0.3) is 0 Å². The minimum Gasteiger partial charge on any atom is -0.363 e. The maximum absolute atomic E-state index is 4.64. The van der Waals surface area contributed by atoms with Crippen LogP contribution in [0.3, 0.4) is 0 Å². The topological polar surface area (TPSA) is 52.6 Å². The Labute approximate surface area is 158 Å². The van der Waals surface area contributed by atoms with Crippen LogP contribution in [-0.4, -0.2) is 38.1 Å². The van der Waals surface area contributed by atoms with E-state index in [1.807, 2.05) is 37.2 Å². The SMILES string of the molecule is CCNC(=NCc1cccc(N(C)C)n1)NCC(CC)CC.I. The van der Waals surface area contributed by atoms with Crippen molar-refractivity contribution in [2.45, 2.75) is 40.2 Å². The quantitative estimate of drug-likeness (QED) is 0.376. The van der Waals surface area contributed by atoms with Crippen molar-refractivity contribution in [3.8, 4) is 0 Å². The second-order valence-electron chi connectivity index (χ2n) is 5.64. The molecular weight excluding hydrogens is 401 g/mol. The van der Waals surface area contributed by atoms with Gasteiger partial charge in [0.1, 0.15) is 5.82 Å². The smallest absolute Gasteiger partial charge is 0.191 e. The third-order valence-electron chi connectivity index (χ3n) is 3.71. The third kappa shape index (κ3) is 8.39. The maximum Gasteiger partial charge on any atom is 0.191 e. The Kier molecular flexibility index (Phi) is 11.8. The van der Waals surface area contributed by atoms with E-state index in [-0.39, 0.29) is 24.0 Å². The summed E-state index contributed by atoms with van der Waals surface area (Å²) in [6, 6.07) is 6.04. The molecule has 0 amide bonds. The van der Waals surface area contributed by atoms with E-state index in [1.54, 1.807) is 0 Å². The van der Waals surface area contributed by atoms with Crippen LogP contribution in [0.15, 0.2) is 23.2 Å². The van der Waals surface area contributed by atoms with Gasteiger partial charge < -0.3 is 15.5 Å².